The fourth-order valence-electron chi connectivity index (χ4n) is 5.02. The third kappa shape index (κ3) is 7.41. The predicted molar refractivity (Wildman–Crippen MR) is 156 cm³/mol. The van der Waals surface area contributed by atoms with Crippen LogP contribution in [0.1, 0.15) is 73.3 Å². The average molecular weight is 546 g/mol. The summed E-state index contributed by atoms with van der Waals surface area (Å²) in [5.41, 5.74) is 1.07. The Labute approximate surface area is 233 Å². The molecule has 0 saturated carbocycles. The quantitative estimate of drug-likeness (QED) is 0.346. The number of benzene rings is 1. The van der Waals surface area contributed by atoms with Crippen LogP contribution in [0, 0.1) is 11.3 Å². The van der Waals surface area contributed by atoms with E-state index in [2.05, 4.69) is 36.2 Å². The molecule has 1 aromatic carbocycles. The van der Waals surface area contributed by atoms with Crippen molar-refractivity contribution in [3.63, 3.8) is 0 Å². The first-order valence-electron chi connectivity index (χ1n) is 13.4. The van der Waals surface area contributed by atoms with E-state index >= 15 is 0 Å². The number of hydrogen-bond donors (Lipinski definition) is 1. The van der Waals surface area contributed by atoms with Crippen LogP contribution in [0.4, 0.5) is 0 Å². The van der Waals surface area contributed by atoms with E-state index in [1.54, 1.807) is 43.6 Å². The van der Waals surface area contributed by atoms with E-state index in [0.29, 0.717) is 12.2 Å². The Hall–Kier alpha value is -2.32. The van der Waals surface area contributed by atoms with Gasteiger partial charge in [0.1, 0.15) is 12.1 Å². The fraction of sp³-hybridized carbons (Fsp3) is 0.633. The van der Waals surface area contributed by atoms with E-state index in [-0.39, 0.29) is 33.9 Å². The summed E-state index contributed by atoms with van der Waals surface area (Å²) in [5.74, 6) is -0.697. The number of esters is 1. The lowest BCUT2D eigenvalue weighted by molar-refractivity contribution is -0.141. The molecule has 1 saturated heterocycles. The highest BCUT2D eigenvalue weighted by atomic mass is 32.2. The molecule has 1 N–H and O–H groups in total. The van der Waals surface area contributed by atoms with E-state index in [1.165, 1.54) is 0 Å². The van der Waals surface area contributed by atoms with Crippen molar-refractivity contribution in [3.8, 4) is 0 Å². The second-order valence-electron chi connectivity index (χ2n) is 12.1. The maximum Gasteiger partial charge on any atom is 0.333 e. The van der Waals surface area contributed by atoms with Crippen molar-refractivity contribution < 1.29 is 19.1 Å². The fourth-order valence-corrected chi connectivity index (χ4v) is 6.58. The molecular formula is C30H47N3O4S. The summed E-state index contributed by atoms with van der Waals surface area (Å²) < 4.78 is 4.77. The molecule has 0 aromatic heterocycles. The molecule has 1 aliphatic heterocycles. The Balaban J connectivity index is 2.33. The summed E-state index contributed by atoms with van der Waals surface area (Å²) in [4.78, 5) is 43.8. The van der Waals surface area contributed by atoms with Crippen molar-refractivity contribution in [2.75, 3.05) is 20.7 Å². The lowest BCUT2D eigenvalue weighted by Crippen LogP contribution is -2.60. The number of carbonyl (C=O) groups excluding carboxylic acids is 3. The second-order valence-corrected chi connectivity index (χ2v) is 13.8. The summed E-state index contributed by atoms with van der Waals surface area (Å²) in [6, 6.07) is 8.67. The number of nitrogens with zero attached hydrogens (tertiary/aromatic N) is 2. The number of nitrogens with one attached hydrogen (secondary N) is 1. The van der Waals surface area contributed by atoms with Crippen molar-refractivity contribution >= 4 is 29.5 Å². The van der Waals surface area contributed by atoms with Gasteiger partial charge in [0.15, 0.2) is 0 Å². The van der Waals surface area contributed by atoms with Crippen LogP contribution in [0.25, 0.3) is 0 Å². The first-order chi connectivity index (χ1) is 17.5. The normalized spacial score (nSPS) is 21.6. The first kappa shape index (κ1) is 31.9. The molecule has 1 heterocycles. The Morgan fingerprint density at radius 2 is 1.76 bits per heavy atom. The first-order valence-corrected chi connectivity index (χ1v) is 14.3. The smallest absolute Gasteiger partial charge is 0.333 e. The van der Waals surface area contributed by atoms with Gasteiger partial charge >= 0.3 is 5.97 Å². The number of hydrogen-bond acceptors (Lipinski definition) is 6. The Morgan fingerprint density at radius 1 is 1.18 bits per heavy atom. The maximum absolute atomic E-state index is 13.9. The predicted octanol–water partition coefficient (Wildman–Crippen LogP) is 5.03. The van der Waals surface area contributed by atoms with Gasteiger partial charge in [0.2, 0.25) is 11.8 Å². The topological polar surface area (TPSA) is 79.0 Å². The Kier molecular flexibility index (Phi) is 10.7. The van der Waals surface area contributed by atoms with Gasteiger partial charge in [0.05, 0.1) is 18.0 Å². The van der Waals surface area contributed by atoms with E-state index < -0.39 is 23.5 Å². The van der Waals surface area contributed by atoms with Gasteiger partial charge in [-0.15, -0.1) is 11.8 Å². The standard InChI is InChI=1S/C30H47N3O4S/c1-12-37-28(36)20(4)18-22(19(2)3)32(10)26(35)23(29(5,6)7)31-25(34)24-30(8,9)38-27(33(24)11)21-16-14-13-15-17-21/h13-19,22-24,27H,12H2,1-11H3,(H,31,34)/b20-18+/t22-,23-,24+,27-/m1/s1. The highest BCUT2D eigenvalue weighted by Gasteiger charge is 2.51. The van der Waals surface area contributed by atoms with Crippen LogP contribution < -0.4 is 5.32 Å². The lowest BCUT2D eigenvalue weighted by Gasteiger charge is -2.39. The van der Waals surface area contributed by atoms with Crippen molar-refractivity contribution in [3.05, 3.63) is 47.5 Å². The number of likely N-dealkylation sites (N-methyl/N-ethyl adjacent to an activating group) is 2. The van der Waals surface area contributed by atoms with Gasteiger partial charge in [-0.25, -0.2) is 4.79 Å². The zero-order valence-electron chi connectivity index (χ0n) is 25.0. The number of carbonyl (C=O) groups is 3. The van der Waals surface area contributed by atoms with Crippen molar-refractivity contribution in [1.29, 1.82) is 0 Å². The molecule has 4 atom stereocenters. The second kappa shape index (κ2) is 12.7. The van der Waals surface area contributed by atoms with Gasteiger partial charge in [0.25, 0.3) is 0 Å². The molecule has 38 heavy (non-hydrogen) atoms. The largest absolute Gasteiger partial charge is 0.463 e. The van der Waals surface area contributed by atoms with Gasteiger partial charge in [-0.2, -0.15) is 0 Å². The number of amides is 2. The number of thioether (sulfide) groups is 1. The van der Waals surface area contributed by atoms with Gasteiger partial charge in [0, 0.05) is 17.4 Å². The minimum Gasteiger partial charge on any atom is -0.463 e. The van der Waals surface area contributed by atoms with E-state index in [9.17, 15) is 14.4 Å². The molecule has 0 aliphatic carbocycles. The third-order valence-electron chi connectivity index (χ3n) is 7.08. The highest BCUT2D eigenvalue weighted by molar-refractivity contribution is 8.01. The van der Waals surface area contributed by atoms with Crippen LogP contribution in [0.3, 0.4) is 0 Å². The molecule has 2 rings (SSSR count). The van der Waals surface area contributed by atoms with Crippen molar-refractivity contribution in [2.24, 2.45) is 11.3 Å². The summed E-state index contributed by atoms with van der Waals surface area (Å²) in [5, 5.41) is 3.17. The van der Waals surface area contributed by atoms with Crippen molar-refractivity contribution in [1.82, 2.24) is 15.1 Å². The zero-order chi connectivity index (χ0) is 29.0. The molecular weight excluding hydrogens is 498 g/mol. The van der Waals surface area contributed by atoms with Gasteiger partial charge in [-0.1, -0.05) is 71.0 Å². The SMILES string of the molecule is CCOC(=O)/C(C)=C/[C@H](C(C)C)N(C)C(=O)[C@@H](NC(=O)[C@@H]1N(C)[C@@H](c2ccccc2)SC1(C)C)C(C)(C)C. The molecule has 0 radical (unpaired) electrons. The Morgan fingerprint density at radius 3 is 2.26 bits per heavy atom. The molecule has 0 spiro atoms. The van der Waals surface area contributed by atoms with Gasteiger partial charge in [-0.05, 0) is 51.6 Å². The number of ether oxygens (including phenoxy) is 1. The zero-order valence-corrected chi connectivity index (χ0v) is 25.8. The minimum absolute atomic E-state index is 0.0368. The van der Waals surface area contributed by atoms with Crippen LogP contribution in [0.5, 0.6) is 0 Å². The molecule has 0 unspecified atom stereocenters. The summed E-state index contributed by atoms with van der Waals surface area (Å²) in [6.45, 7) is 17.8. The van der Waals surface area contributed by atoms with E-state index in [0.717, 1.165) is 5.56 Å². The third-order valence-corrected chi connectivity index (χ3v) is 8.74. The summed E-state index contributed by atoms with van der Waals surface area (Å²) >= 11 is 1.76. The van der Waals surface area contributed by atoms with Gasteiger partial charge in [-0.3, -0.25) is 14.5 Å². The molecule has 1 aliphatic rings. The molecule has 0 bridgehead atoms. The molecule has 1 aromatic rings. The van der Waals surface area contributed by atoms with E-state index in [1.807, 2.05) is 59.9 Å². The summed E-state index contributed by atoms with van der Waals surface area (Å²) in [6.07, 6.45) is 1.79. The Bertz CT molecular complexity index is 1020. The van der Waals surface area contributed by atoms with Crippen LogP contribution in [0.2, 0.25) is 0 Å². The van der Waals surface area contributed by atoms with Crippen LogP contribution in [-0.2, 0) is 19.1 Å². The monoisotopic (exact) mass is 545 g/mol. The minimum atomic E-state index is -0.748. The molecule has 8 heteroatoms. The van der Waals surface area contributed by atoms with Gasteiger partial charge < -0.3 is 15.0 Å². The van der Waals surface area contributed by atoms with Crippen LogP contribution in [-0.4, -0.2) is 71.2 Å². The summed E-state index contributed by atoms with van der Waals surface area (Å²) in [7, 11) is 3.71. The van der Waals surface area contributed by atoms with E-state index in [4.69, 9.17) is 4.74 Å². The van der Waals surface area contributed by atoms with Crippen LogP contribution >= 0.6 is 11.8 Å². The van der Waals surface area contributed by atoms with Crippen LogP contribution in [0.15, 0.2) is 42.0 Å². The average Bonchev–Trinajstić information content (AvgIpc) is 3.07. The maximum atomic E-state index is 13.9. The number of rotatable bonds is 9. The highest BCUT2D eigenvalue weighted by Crippen LogP contribution is 2.51. The molecule has 212 valence electrons. The molecule has 2 amide bonds. The molecule has 1 fully saturated rings. The lowest BCUT2D eigenvalue weighted by atomic mass is 9.84. The molecule has 7 nitrogen and oxygen atoms in total. The van der Waals surface area contributed by atoms with Crippen molar-refractivity contribution in [2.45, 2.75) is 90.6 Å².